The van der Waals surface area contributed by atoms with Gasteiger partial charge in [-0.05, 0) is 25.7 Å². The molecule has 1 saturated carbocycles. The molecule has 0 radical (unpaired) electrons. The fraction of sp³-hybridized carbons (Fsp3) is 0.875. The Bertz CT molecular complexity index is 385. The molecule has 0 aliphatic heterocycles. The molecule has 0 spiro atoms. The first-order valence-electron chi connectivity index (χ1n) is 8.38. The number of amides is 1. The van der Waals surface area contributed by atoms with E-state index in [0.717, 1.165) is 19.3 Å². The van der Waals surface area contributed by atoms with Crippen LogP contribution >= 0.6 is 0 Å². The first kappa shape index (κ1) is 19.8. The number of hydrogen-bond donors (Lipinski definition) is 2. The number of aliphatic carboxylic acids is 1. The van der Waals surface area contributed by atoms with Gasteiger partial charge in [-0.1, -0.05) is 32.1 Å². The molecule has 2 atom stereocenters. The van der Waals surface area contributed by atoms with Gasteiger partial charge in [0, 0.05) is 18.9 Å². The number of nitrogens with one attached hydrogen (secondary N) is 1. The lowest BCUT2D eigenvalue weighted by Gasteiger charge is -2.32. The van der Waals surface area contributed by atoms with E-state index in [1.54, 1.807) is 0 Å². The lowest BCUT2D eigenvalue weighted by molar-refractivity contribution is -0.198. The summed E-state index contributed by atoms with van der Waals surface area (Å²) >= 11 is 0. The number of alkyl halides is 3. The van der Waals surface area contributed by atoms with Crippen molar-refractivity contribution in [3.63, 3.8) is 0 Å². The average Bonchev–Trinajstić information content (AvgIpc) is 2.48. The fourth-order valence-corrected chi connectivity index (χ4v) is 3.11. The second-order valence-corrected chi connectivity index (χ2v) is 6.24. The van der Waals surface area contributed by atoms with Gasteiger partial charge in [-0.15, -0.1) is 0 Å². The van der Waals surface area contributed by atoms with Crippen molar-refractivity contribution < 1.29 is 27.9 Å². The summed E-state index contributed by atoms with van der Waals surface area (Å²) in [5.74, 6) is -3.73. The molecular weight excluding hydrogens is 311 g/mol. The highest BCUT2D eigenvalue weighted by atomic mass is 19.4. The van der Waals surface area contributed by atoms with Crippen LogP contribution in [0.1, 0.15) is 64.2 Å². The fourth-order valence-electron chi connectivity index (χ4n) is 3.11. The van der Waals surface area contributed by atoms with Crippen LogP contribution in [0.15, 0.2) is 0 Å². The van der Waals surface area contributed by atoms with Crippen molar-refractivity contribution in [1.82, 2.24) is 5.32 Å². The molecule has 1 amide bonds. The van der Waals surface area contributed by atoms with Crippen molar-refractivity contribution in [1.29, 1.82) is 0 Å². The topological polar surface area (TPSA) is 66.4 Å². The highest BCUT2D eigenvalue weighted by Crippen LogP contribution is 2.41. The van der Waals surface area contributed by atoms with Crippen molar-refractivity contribution in [2.24, 2.45) is 11.8 Å². The summed E-state index contributed by atoms with van der Waals surface area (Å²) in [7, 11) is 0. The molecule has 2 N–H and O–H groups in total. The van der Waals surface area contributed by atoms with Gasteiger partial charge in [0.1, 0.15) is 0 Å². The Hall–Kier alpha value is -1.27. The highest BCUT2D eigenvalue weighted by Gasteiger charge is 2.47. The van der Waals surface area contributed by atoms with Crippen LogP contribution < -0.4 is 5.32 Å². The molecule has 134 valence electrons. The van der Waals surface area contributed by atoms with E-state index in [4.69, 9.17) is 5.11 Å². The predicted molar refractivity (Wildman–Crippen MR) is 79.9 cm³/mol. The van der Waals surface area contributed by atoms with Gasteiger partial charge in [0.2, 0.25) is 5.91 Å². The minimum Gasteiger partial charge on any atom is -0.481 e. The van der Waals surface area contributed by atoms with E-state index in [1.807, 2.05) is 0 Å². The molecule has 23 heavy (non-hydrogen) atoms. The summed E-state index contributed by atoms with van der Waals surface area (Å²) in [6, 6.07) is 0. The molecule has 4 nitrogen and oxygen atoms in total. The van der Waals surface area contributed by atoms with Crippen LogP contribution in [0.3, 0.4) is 0 Å². The highest BCUT2D eigenvalue weighted by molar-refractivity contribution is 5.79. The van der Waals surface area contributed by atoms with Crippen molar-refractivity contribution in [2.45, 2.75) is 70.4 Å². The number of carbonyl (C=O) groups excluding carboxylic acids is 1. The third-order valence-electron chi connectivity index (χ3n) is 4.39. The van der Waals surface area contributed by atoms with Crippen molar-refractivity contribution in [3.8, 4) is 0 Å². The molecule has 1 aliphatic rings. The number of rotatable bonds is 9. The second kappa shape index (κ2) is 9.78. The van der Waals surface area contributed by atoms with E-state index < -0.39 is 29.9 Å². The van der Waals surface area contributed by atoms with Gasteiger partial charge in [-0.25, -0.2) is 0 Å². The van der Waals surface area contributed by atoms with Gasteiger partial charge >= 0.3 is 12.1 Å². The van der Waals surface area contributed by atoms with Gasteiger partial charge in [-0.2, -0.15) is 13.2 Å². The summed E-state index contributed by atoms with van der Waals surface area (Å²) in [6.07, 6.45) is 1.31. The van der Waals surface area contributed by atoms with Gasteiger partial charge in [0.25, 0.3) is 0 Å². The maximum absolute atomic E-state index is 12.9. The van der Waals surface area contributed by atoms with Crippen molar-refractivity contribution in [3.05, 3.63) is 0 Å². The maximum Gasteiger partial charge on any atom is 0.392 e. The van der Waals surface area contributed by atoms with Crippen LogP contribution in [-0.2, 0) is 9.59 Å². The minimum absolute atomic E-state index is 0.0468. The van der Waals surface area contributed by atoms with Crippen LogP contribution in [0.2, 0.25) is 0 Å². The molecule has 0 aromatic carbocycles. The van der Waals surface area contributed by atoms with Crippen LogP contribution in [0.4, 0.5) is 13.2 Å². The SMILES string of the molecule is O=C(O)CCCCCCCNC(=O)C1CCCCC1C(F)(F)F. The van der Waals surface area contributed by atoms with Gasteiger partial charge in [0.05, 0.1) is 5.92 Å². The maximum atomic E-state index is 12.9. The predicted octanol–water partition coefficient (Wildman–Crippen LogP) is 3.90. The zero-order valence-corrected chi connectivity index (χ0v) is 13.3. The van der Waals surface area contributed by atoms with Crippen LogP contribution in [0.5, 0.6) is 0 Å². The van der Waals surface area contributed by atoms with Crippen LogP contribution in [0.25, 0.3) is 0 Å². The molecule has 0 bridgehead atoms. The second-order valence-electron chi connectivity index (χ2n) is 6.24. The van der Waals surface area contributed by atoms with Gasteiger partial charge in [0.15, 0.2) is 0 Å². The third-order valence-corrected chi connectivity index (χ3v) is 4.39. The van der Waals surface area contributed by atoms with Gasteiger partial charge < -0.3 is 10.4 Å². The molecule has 7 heteroatoms. The number of carboxylic acids is 1. The summed E-state index contributed by atoms with van der Waals surface area (Å²) < 4.78 is 38.8. The number of carbonyl (C=O) groups is 2. The molecule has 2 unspecified atom stereocenters. The van der Waals surface area contributed by atoms with E-state index in [1.165, 1.54) is 0 Å². The lowest BCUT2D eigenvalue weighted by Crippen LogP contribution is -2.42. The van der Waals surface area contributed by atoms with Crippen molar-refractivity contribution in [2.75, 3.05) is 6.54 Å². The van der Waals surface area contributed by atoms with Crippen LogP contribution in [0, 0.1) is 11.8 Å². The van der Waals surface area contributed by atoms with E-state index in [9.17, 15) is 22.8 Å². The molecule has 0 aromatic heterocycles. The summed E-state index contributed by atoms with van der Waals surface area (Å²) in [5, 5.41) is 11.1. The zero-order chi connectivity index (χ0) is 17.3. The van der Waals surface area contributed by atoms with E-state index in [-0.39, 0.29) is 12.8 Å². The first-order chi connectivity index (χ1) is 10.8. The smallest absolute Gasteiger partial charge is 0.392 e. The monoisotopic (exact) mass is 337 g/mol. The van der Waals surface area contributed by atoms with E-state index >= 15 is 0 Å². The molecule has 1 rings (SSSR count). The molecule has 0 saturated heterocycles. The number of carboxylic acid groups (broad SMARTS) is 1. The summed E-state index contributed by atoms with van der Waals surface area (Å²) in [4.78, 5) is 22.3. The largest absolute Gasteiger partial charge is 0.481 e. The first-order valence-corrected chi connectivity index (χ1v) is 8.38. The molecule has 0 heterocycles. The Labute approximate surface area is 134 Å². The van der Waals surface area contributed by atoms with Crippen molar-refractivity contribution >= 4 is 11.9 Å². The third kappa shape index (κ3) is 7.70. The zero-order valence-electron chi connectivity index (χ0n) is 13.3. The number of halogens is 3. The molecule has 1 fully saturated rings. The van der Waals surface area contributed by atoms with Crippen LogP contribution in [-0.4, -0.2) is 29.7 Å². The molecular formula is C16H26F3NO3. The van der Waals surface area contributed by atoms with E-state index in [2.05, 4.69) is 5.32 Å². The Morgan fingerprint density at radius 3 is 2.26 bits per heavy atom. The number of hydrogen-bond acceptors (Lipinski definition) is 2. The normalized spacial score (nSPS) is 21.9. The minimum atomic E-state index is -4.30. The Balaban J connectivity index is 2.18. The molecule has 1 aliphatic carbocycles. The Morgan fingerprint density at radius 1 is 1.00 bits per heavy atom. The van der Waals surface area contributed by atoms with E-state index in [0.29, 0.717) is 38.6 Å². The average molecular weight is 337 g/mol. The lowest BCUT2D eigenvalue weighted by atomic mass is 9.78. The standard InChI is InChI=1S/C16H26F3NO3/c17-16(18,19)13-9-6-5-8-12(13)15(23)20-11-7-3-1-2-4-10-14(21)22/h12-13H,1-11H2,(H,20,23)(H,21,22). The Morgan fingerprint density at radius 2 is 1.61 bits per heavy atom. The quantitative estimate of drug-likeness (QED) is 0.627. The number of unbranched alkanes of at least 4 members (excludes halogenated alkanes) is 4. The summed E-state index contributed by atoms with van der Waals surface area (Å²) in [5.41, 5.74) is 0. The summed E-state index contributed by atoms with van der Waals surface area (Å²) in [6.45, 7) is 0.388. The van der Waals surface area contributed by atoms with Gasteiger partial charge in [-0.3, -0.25) is 9.59 Å². The molecule has 0 aromatic rings. The Kier molecular flexibility index (Phi) is 8.41.